The summed E-state index contributed by atoms with van der Waals surface area (Å²) in [6.45, 7) is 4.02. The molecule has 102 valence electrons. The van der Waals surface area contributed by atoms with Crippen molar-refractivity contribution in [2.45, 2.75) is 51.6 Å². The molecule has 18 heavy (non-hydrogen) atoms. The maximum absolute atomic E-state index is 11.7. The zero-order valence-electron chi connectivity index (χ0n) is 10.8. The summed E-state index contributed by atoms with van der Waals surface area (Å²) in [4.78, 5) is 34.3. The van der Waals surface area contributed by atoms with Crippen molar-refractivity contribution in [3.63, 3.8) is 0 Å². The lowest BCUT2D eigenvalue weighted by Crippen LogP contribution is -2.55. The van der Waals surface area contributed by atoms with Crippen molar-refractivity contribution >= 4 is 17.8 Å². The number of piperidine rings is 1. The van der Waals surface area contributed by atoms with Gasteiger partial charge in [-0.05, 0) is 19.8 Å². The average Bonchev–Trinajstić information content (AvgIpc) is 2.32. The first-order valence-electron chi connectivity index (χ1n) is 6.34. The SMILES string of the molecule is CCCC(NC1CCC(=O)NC1=O)C(=O)OCC. The van der Waals surface area contributed by atoms with Crippen molar-refractivity contribution in [3.8, 4) is 0 Å². The van der Waals surface area contributed by atoms with Crippen LogP contribution >= 0.6 is 0 Å². The van der Waals surface area contributed by atoms with Gasteiger partial charge >= 0.3 is 5.97 Å². The van der Waals surface area contributed by atoms with E-state index in [9.17, 15) is 14.4 Å². The van der Waals surface area contributed by atoms with Gasteiger partial charge in [0, 0.05) is 6.42 Å². The first-order chi connectivity index (χ1) is 8.58. The highest BCUT2D eigenvalue weighted by atomic mass is 16.5. The van der Waals surface area contributed by atoms with Crippen LogP contribution in [-0.2, 0) is 19.1 Å². The molecule has 2 atom stereocenters. The molecule has 2 amide bonds. The second kappa shape index (κ2) is 7.10. The summed E-state index contributed by atoms with van der Waals surface area (Å²) in [5.74, 6) is -0.970. The van der Waals surface area contributed by atoms with E-state index < -0.39 is 12.1 Å². The molecule has 0 saturated carbocycles. The zero-order chi connectivity index (χ0) is 13.5. The van der Waals surface area contributed by atoms with E-state index in [0.29, 0.717) is 25.9 Å². The van der Waals surface area contributed by atoms with E-state index >= 15 is 0 Å². The van der Waals surface area contributed by atoms with Crippen LogP contribution < -0.4 is 10.6 Å². The van der Waals surface area contributed by atoms with Gasteiger partial charge in [0.1, 0.15) is 6.04 Å². The van der Waals surface area contributed by atoms with Crippen molar-refractivity contribution in [2.75, 3.05) is 6.61 Å². The highest BCUT2D eigenvalue weighted by Crippen LogP contribution is 2.08. The number of rotatable bonds is 6. The Hall–Kier alpha value is -1.43. The third kappa shape index (κ3) is 4.10. The normalized spacial score (nSPS) is 21.3. The molecule has 0 aromatic rings. The van der Waals surface area contributed by atoms with Crippen LogP contribution in [0.3, 0.4) is 0 Å². The molecule has 2 N–H and O–H groups in total. The standard InChI is InChI=1S/C12H20N2O4/c1-3-5-9(12(17)18-4-2)13-8-6-7-10(15)14-11(8)16/h8-9,13H,3-7H2,1-2H3,(H,14,15,16). The lowest BCUT2D eigenvalue weighted by molar-refractivity contribution is -0.146. The van der Waals surface area contributed by atoms with Crippen molar-refractivity contribution < 1.29 is 19.1 Å². The molecule has 0 aromatic heterocycles. The first-order valence-corrected chi connectivity index (χ1v) is 6.34. The monoisotopic (exact) mass is 256 g/mol. The molecular weight excluding hydrogens is 236 g/mol. The number of amides is 2. The second-order valence-electron chi connectivity index (χ2n) is 4.26. The number of carbonyl (C=O) groups is 3. The first kappa shape index (κ1) is 14.6. The molecule has 0 aliphatic carbocycles. The number of hydrogen-bond acceptors (Lipinski definition) is 5. The molecule has 0 bridgehead atoms. The number of imide groups is 1. The van der Waals surface area contributed by atoms with Gasteiger partial charge in [0.25, 0.3) is 0 Å². The largest absolute Gasteiger partial charge is 0.465 e. The van der Waals surface area contributed by atoms with E-state index in [0.717, 1.165) is 6.42 Å². The van der Waals surface area contributed by atoms with E-state index in [1.165, 1.54) is 0 Å². The highest BCUT2D eigenvalue weighted by molar-refractivity contribution is 6.00. The molecule has 0 radical (unpaired) electrons. The van der Waals surface area contributed by atoms with Crippen LogP contribution in [0.15, 0.2) is 0 Å². The molecule has 1 aliphatic heterocycles. The third-order valence-corrected chi connectivity index (χ3v) is 2.79. The summed E-state index contributed by atoms with van der Waals surface area (Å²) in [5.41, 5.74) is 0. The quantitative estimate of drug-likeness (QED) is 0.520. The predicted molar refractivity (Wildman–Crippen MR) is 64.6 cm³/mol. The minimum Gasteiger partial charge on any atom is -0.465 e. The van der Waals surface area contributed by atoms with Gasteiger partial charge in [-0.25, -0.2) is 0 Å². The summed E-state index contributed by atoms with van der Waals surface area (Å²) in [5, 5.41) is 5.23. The van der Waals surface area contributed by atoms with Crippen LogP contribution in [0.4, 0.5) is 0 Å². The molecule has 2 unspecified atom stereocenters. The maximum Gasteiger partial charge on any atom is 0.323 e. The summed E-state index contributed by atoms with van der Waals surface area (Å²) >= 11 is 0. The molecule has 6 nitrogen and oxygen atoms in total. The molecule has 0 spiro atoms. The Labute approximate surface area is 106 Å². The number of ether oxygens (including phenoxy) is 1. The van der Waals surface area contributed by atoms with Crippen LogP contribution in [0.25, 0.3) is 0 Å². The Morgan fingerprint density at radius 1 is 1.50 bits per heavy atom. The van der Waals surface area contributed by atoms with Crippen molar-refractivity contribution in [2.24, 2.45) is 0 Å². The molecule has 1 fully saturated rings. The molecule has 0 aromatic carbocycles. The Morgan fingerprint density at radius 3 is 2.78 bits per heavy atom. The predicted octanol–water partition coefficient (Wildman–Crippen LogP) is 0.113. The van der Waals surface area contributed by atoms with Crippen LogP contribution in [-0.4, -0.2) is 36.5 Å². The Bertz CT molecular complexity index is 330. The van der Waals surface area contributed by atoms with Gasteiger partial charge in [-0.1, -0.05) is 13.3 Å². The number of nitrogens with one attached hydrogen (secondary N) is 2. The van der Waals surface area contributed by atoms with Gasteiger partial charge < -0.3 is 4.74 Å². The number of carbonyl (C=O) groups excluding carboxylic acids is 3. The number of esters is 1. The fraction of sp³-hybridized carbons (Fsp3) is 0.750. The van der Waals surface area contributed by atoms with Crippen LogP contribution in [0, 0.1) is 0 Å². The fourth-order valence-electron chi connectivity index (χ4n) is 1.90. The Kier molecular flexibility index (Phi) is 5.77. The molecule has 1 aliphatic rings. The molecule has 6 heteroatoms. The average molecular weight is 256 g/mol. The topological polar surface area (TPSA) is 84.5 Å². The van der Waals surface area contributed by atoms with Crippen molar-refractivity contribution in [1.29, 1.82) is 0 Å². The molecular formula is C12H20N2O4. The summed E-state index contributed by atoms with van der Waals surface area (Å²) in [6.07, 6.45) is 2.13. The lowest BCUT2D eigenvalue weighted by atomic mass is 10.0. The summed E-state index contributed by atoms with van der Waals surface area (Å²) < 4.78 is 4.95. The second-order valence-corrected chi connectivity index (χ2v) is 4.26. The number of hydrogen-bond donors (Lipinski definition) is 2. The fourth-order valence-corrected chi connectivity index (χ4v) is 1.90. The van der Waals surface area contributed by atoms with Gasteiger partial charge in [0.15, 0.2) is 0 Å². The molecule has 1 rings (SSSR count). The van der Waals surface area contributed by atoms with E-state index in [1.54, 1.807) is 6.92 Å². The van der Waals surface area contributed by atoms with Gasteiger partial charge in [-0.3, -0.25) is 25.0 Å². The minimum atomic E-state index is -0.497. The summed E-state index contributed by atoms with van der Waals surface area (Å²) in [6, 6.07) is -0.984. The lowest BCUT2D eigenvalue weighted by Gasteiger charge is -2.26. The highest BCUT2D eigenvalue weighted by Gasteiger charge is 2.30. The van der Waals surface area contributed by atoms with E-state index in [1.807, 2.05) is 6.92 Å². The third-order valence-electron chi connectivity index (χ3n) is 2.79. The van der Waals surface area contributed by atoms with E-state index in [2.05, 4.69) is 10.6 Å². The van der Waals surface area contributed by atoms with Crippen LogP contribution in [0.2, 0.25) is 0 Å². The van der Waals surface area contributed by atoms with E-state index in [4.69, 9.17) is 4.74 Å². The van der Waals surface area contributed by atoms with Crippen molar-refractivity contribution in [3.05, 3.63) is 0 Å². The van der Waals surface area contributed by atoms with Crippen LogP contribution in [0.5, 0.6) is 0 Å². The van der Waals surface area contributed by atoms with E-state index in [-0.39, 0.29) is 17.8 Å². The zero-order valence-corrected chi connectivity index (χ0v) is 10.8. The van der Waals surface area contributed by atoms with Gasteiger partial charge in [0.05, 0.1) is 12.6 Å². The summed E-state index contributed by atoms with van der Waals surface area (Å²) in [7, 11) is 0. The van der Waals surface area contributed by atoms with Gasteiger partial charge in [-0.2, -0.15) is 0 Å². The minimum absolute atomic E-state index is 0.263. The molecule has 1 heterocycles. The molecule has 1 saturated heterocycles. The van der Waals surface area contributed by atoms with Gasteiger partial charge in [0.2, 0.25) is 11.8 Å². The smallest absolute Gasteiger partial charge is 0.323 e. The van der Waals surface area contributed by atoms with Crippen LogP contribution in [0.1, 0.15) is 39.5 Å². The Morgan fingerprint density at radius 2 is 2.22 bits per heavy atom. The maximum atomic E-state index is 11.7. The Balaban J connectivity index is 2.57. The van der Waals surface area contributed by atoms with Gasteiger partial charge in [-0.15, -0.1) is 0 Å². The van der Waals surface area contributed by atoms with Crippen molar-refractivity contribution in [1.82, 2.24) is 10.6 Å².